The van der Waals surface area contributed by atoms with Crippen molar-refractivity contribution in [2.75, 3.05) is 14.1 Å². The normalized spacial score (nSPS) is 30.7. The quantitative estimate of drug-likeness (QED) is 0.694. The number of ether oxygens (including phenoxy) is 2. The lowest BCUT2D eigenvalue weighted by molar-refractivity contribution is -0.287. The van der Waals surface area contributed by atoms with Gasteiger partial charge < -0.3 is 24.6 Å². The van der Waals surface area contributed by atoms with E-state index in [0.717, 1.165) is 30.0 Å². The van der Waals surface area contributed by atoms with Gasteiger partial charge in [-0.25, -0.2) is 8.78 Å². The zero-order valence-electron chi connectivity index (χ0n) is 15.3. The lowest BCUT2D eigenvalue weighted by Gasteiger charge is -2.41. The summed E-state index contributed by atoms with van der Waals surface area (Å²) in [5.41, 5.74) is -1.38. The van der Waals surface area contributed by atoms with Gasteiger partial charge in [-0.3, -0.25) is 4.99 Å². The molecule has 0 bridgehead atoms. The first-order chi connectivity index (χ1) is 13.5. The average molecular weight is 442 g/mol. The van der Waals surface area contributed by atoms with Gasteiger partial charge in [0.05, 0.1) is 6.61 Å². The summed E-state index contributed by atoms with van der Waals surface area (Å²) in [6, 6.07) is 2.09. The van der Waals surface area contributed by atoms with Gasteiger partial charge in [0.15, 0.2) is 22.9 Å². The lowest BCUT2D eigenvalue weighted by atomic mass is 9.94. The summed E-state index contributed by atoms with van der Waals surface area (Å²) in [6.07, 6.45) is -13.2. The van der Waals surface area contributed by atoms with Crippen LogP contribution in [-0.4, -0.2) is 76.4 Å². The van der Waals surface area contributed by atoms with Crippen molar-refractivity contribution in [1.82, 2.24) is 4.90 Å². The van der Waals surface area contributed by atoms with E-state index in [1.807, 2.05) is 0 Å². The molecule has 1 saturated heterocycles. The fourth-order valence-electron chi connectivity index (χ4n) is 3.06. The van der Waals surface area contributed by atoms with Gasteiger partial charge >= 0.3 is 6.18 Å². The van der Waals surface area contributed by atoms with E-state index >= 15 is 0 Å². The Morgan fingerprint density at radius 2 is 1.93 bits per heavy atom. The van der Waals surface area contributed by atoms with E-state index in [1.165, 1.54) is 0 Å². The zero-order chi connectivity index (χ0) is 21.5. The Kier molecular flexibility index (Phi) is 6.39. The minimum Gasteiger partial charge on any atom is -0.388 e. The second kappa shape index (κ2) is 8.34. The molecule has 0 amide bonds. The van der Waals surface area contributed by atoms with Crippen molar-refractivity contribution in [3.8, 4) is 0 Å². The van der Waals surface area contributed by atoms with Gasteiger partial charge in [-0.15, -0.1) is 0 Å². The number of aliphatic imine (C=N–C) groups is 1. The summed E-state index contributed by atoms with van der Waals surface area (Å²) in [5, 5.41) is 21.0. The van der Waals surface area contributed by atoms with Crippen LogP contribution in [0.5, 0.6) is 0 Å². The molecular formula is C17H19F5N2O4S. The minimum atomic E-state index is -5.00. The van der Waals surface area contributed by atoms with Gasteiger partial charge in [0, 0.05) is 19.7 Å². The molecule has 0 aromatic heterocycles. The number of benzene rings is 1. The minimum absolute atomic E-state index is 0.420. The summed E-state index contributed by atoms with van der Waals surface area (Å²) in [6.45, 7) is -0.906. The van der Waals surface area contributed by atoms with Crippen molar-refractivity contribution in [3.63, 3.8) is 0 Å². The highest BCUT2D eigenvalue weighted by atomic mass is 32.2. The number of rotatable bonds is 4. The number of aliphatic hydroxyl groups is 2. The van der Waals surface area contributed by atoms with Crippen LogP contribution in [0.1, 0.15) is 5.56 Å². The maximum Gasteiger partial charge on any atom is 0.417 e. The summed E-state index contributed by atoms with van der Waals surface area (Å²) in [7, 11) is 3.33. The van der Waals surface area contributed by atoms with Crippen LogP contribution in [0.2, 0.25) is 0 Å². The van der Waals surface area contributed by atoms with Crippen LogP contribution in [0.15, 0.2) is 23.2 Å². The van der Waals surface area contributed by atoms with E-state index < -0.39 is 65.9 Å². The first-order valence-electron chi connectivity index (χ1n) is 8.55. The SMILES string of the molecule is CN(C)C1=N[C@@H]2[C@@H](O)[C@H](O)[C@@H]([C@@H](OCc3cccc(F)c3F)C(F)(F)F)O[C@@H]2S1. The van der Waals surface area contributed by atoms with Crippen molar-refractivity contribution in [2.24, 2.45) is 4.99 Å². The Bertz CT molecular complexity index is 779. The number of hydrogen-bond donors (Lipinski definition) is 2. The van der Waals surface area contributed by atoms with E-state index in [2.05, 4.69) is 4.99 Å². The summed E-state index contributed by atoms with van der Waals surface area (Å²) >= 11 is 1.01. The van der Waals surface area contributed by atoms with Crippen LogP contribution in [-0.2, 0) is 16.1 Å². The van der Waals surface area contributed by atoms with Crippen LogP contribution in [0.3, 0.4) is 0 Å². The molecule has 162 valence electrons. The standard InChI is InChI=1S/C17H19F5N2O4S/c1-24(2)16-23-10-11(25)12(26)13(28-15(10)29-16)14(17(20,21)22)27-6-7-4-3-5-8(18)9(7)19/h3-5,10-15,25-26H,6H2,1-2H3/t10-,11-,12+,13+,14-,15-/m1/s1. The number of amidine groups is 1. The maximum absolute atomic E-state index is 13.7. The molecule has 0 radical (unpaired) electrons. The van der Waals surface area contributed by atoms with Gasteiger partial charge in [0.1, 0.15) is 29.8 Å². The molecule has 0 aliphatic carbocycles. The Morgan fingerprint density at radius 1 is 1.24 bits per heavy atom. The zero-order valence-corrected chi connectivity index (χ0v) is 16.1. The van der Waals surface area contributed by atoms with E-state index in [-0.39, 0.29) is 0 Å². The molecule has 2 heterocycles. The first-order valence-corrected chi connectivity index (χ1v) is 9.43. The Morgan fingerprint density at radius 3 is 2.55 bits per heavy atom. The summed E-state index contributed by atoms with van der Waals surface area (Å²) in [5.74, 6) is -2.55. The monoisotopic (exact) mass is 442 g/mol. The number of thioether (sulfide) groups is 1. The predicted molar refractivity (Wildman–Crippen MR) is 94.2 cm³/mol. The molecule has 29 heavy (non-hydrogen) atoms. The van der Waals surface area contributed by atoms with Crippen LogP contribution in [0.25, 0.3) is 0 Å². The van der Waals surface area contributed by atoms with Crippen molar-refractivity contribution >= 4 is 16.9 Å². The second-order valence-corrected chi connectivity index (χ2v) is 7.92. The van der Waals surface area contributed by atoms with Gasteiger partial charge in [-0.2, -0.15) is 13.2 Å². The highest BCUT2D eigenvalue weighted by Crippen LogP contribution is 2.41. The topological polar surface area (TPSA) is 74.5 Å². The molecule has 1 fully saturated rings. The molecule has 0 spiro atoms. The fraction of sp³-hybridized carbons (Fsp3) is 0.588. The highest BCUT2D eigenvalue weighted by Gasteiger charge is 2.57. The summed E-state index contributed by atoms with van der Waals surface area (Å²) < 4.78 is 78.1. The van der Waals surface area contributed by atoms with Crippen molar-refractivity contribution in [2.45, 2.75) is 48.7 Å². The molecule has 0 unspecified atom stereocenters. The maximum atomic E-state index is 13.7. The number of hydrogen-bond acceptors (Lipinski definition) is 7. The van der Waals surface area contributed by atoms with E-state index in [1.54, 1.807) is 19.0 Å². The number of halogens is 5. The number of alkyl halides is 3. The molecule has 12 heteroatoms. The van der Waals surface area contributed by atoms with E-state index in [9.17, 15) is 32.2 Å². The van der Waals surface area contributed by atoms with Crippen LogP contribution in [0, 0.1) is 11.6 Å². The molecule has 1 aromatic carbocycles. The Labute approximate surface area is 167 Å². The Balaban J connectivity index is 1.80. The third kappa shape index (κ3) is 4.50. The molecule has 2 aliphatic rings. The molecule has 1 aromatic rings. The molecule has 2 N–H and O–H groups in total. The molecule has 2 aliphatic heterocycles. The van der Waals surface area contributed by atoms with Gasteiger partial charge in [-0.05, 0) is 6.07 Å². The smallest absolute Gasteiger partial charge is 0.388 e. The molecule has 6 nitrogen and oxygen atoms in total. The molecule has 6 atom stereocenters. The average Bonchev–Trinajstić information content (AvgIpc) is 3.06. The molecular weight excluding hydrogens is 423 g/mol. The Hall–Kier alpha value is -1.47. The number of aliphatic hydroxyl groups excluding tert-OH is 2. The number of nitrogens with zero attached hydrogens (tertiary/aromatic N) is 2. The van der Waals surface area contributed by atoms with Gasteiger partial charge in [-0.1, -0.05) is 23.9 Å². The van der Waals surface area contributed by atoms with Crippen LogP contribution < -0.4 is 0 Å². The van der Waals surface area contributed by atoms with Crippen LogP contribution in [0.4, 0.5) is 22.0 Å². The molecule has 0 saturated carbocycles. The lowest BCUT2D eigenvalue weighted by Crippen LogP contribution is -2.61. The fourth-order valence-corrected chi connectivity index (χ4v) is 4.20. The summed E-state index contributed by atoms with van der Waals surface area (Å²) in [4.78, 5) is 5.77. The third-order valence-corrected chi connectivity index (χ3v) is 5.84. The first kappa shape index (κ1) is 22.2. The van der Waals surface area contributed by atoms with Crippen LogP contribution >= 0.6 is 11.8 Å². The van der Waals surface area contributed by atoms with Gasteiger partial charge in [0.25, 0.3) is 0 Å². The van der Waals surface area contributed by atoms with E-state index in [0.29, 0.717) is 5.17 Å². The largest absolute Gasteiger partial charge is 0.417 e. The van der Waals surface area contributed by atoms with Gasteiger partial charge in [0.2, 0.25) is 0 Å². The van der Waals surface area contributed by atoms with Crippen molar-refractivity contribution in [1.29, 1.82) is 0 Å². The molecule has 3 rings (SSSR count). The second-order valence-electron chi connectivity index (χ2n) is 6.85. The highest BCUT2D eigenvalue weighted by molar-refractivity contribution is 8.14. The predicted octanol–water partition coefficient (Wildman–Crippen LogP) is 1.89. The third-order valence-electron chi connectivity index (χ3n) is 4.54. The van der Waals surface area contributed by atoms with Crippen molar-refractivity contribution < 1.29 is 41.6 Å². The van der Waals surface area contributed by atoms with Crippen molar-refractivity contribution in [3.05, 3.63) is 35.4 Å². The number of fused-ring (bicyclic) bond motifs is 1. The van der Waals surface area contributed by atoms with E-state index in [4.69, 9.17) is 9.47 Å².